The van der Waals surface area contributed by atoms with Gasteiger partial charge in [-0.3, -0.25) is 5.10 Å². The Kier molecular flexibility index (Phi) is 5.03. The lowest BCUT2D eigenvalue weighted by Crippen LogP contribution is -2.49. The van der Waals surface area contributed by atoms with Gasteiger partial charge in [-0.25, -0.2) is 13.6 Å². The number of aliphatic carboxylic acids is 1. The highest BCUT2D eigenvalue weighted by Crippen LogP contribution is 2.52. The van der Waals surface area contributed by atoms with Gasteiger partial charge < -0.3 is 19.5 Å². The summed E-state index contributed by atoms with van der Waals surface area (Å²) >= 11 is 0. The number of nitrogens with one attached hydrogen (secondary N) is 1. The molecule has 9 heteroatoms. The molecule has 0 atom stereocenters. The minimum atomic E-state index is -1.85. The maximum Gasteiger partial charge on any atom is 0.335 e. The quantitative estimate of drug-likeness (QED) is 0.389. The molecule has 2 aromatic carbocycles. The van der Waals surface area contributed by atoms with Crippen molar-refractivity contribution in [3.63, 3.8) is 0 Å². The van der Waals surface area contributed by atoms with Crippen LogP contribution in [0, 0.1) is 11.6 Å². The molecule has 1 aliphatic rings. The van der Waals surface area contributed by atoms with E-state index in [0.717, 1.165) is 5.69 Å². The lowest BCUT2D eigenvalue weighted by Gasteiger charge is -2.42. The molecule has 1 saturated carbocycles. The standard InChI is InChI=1S/C25H25F2N3O4/c1-24(2,12-34-3)22-18(14-9-25(33,10-14)23(31)32)19-17(8-13-11-28-29-21(13)20(19)27)30(22)16-6-4-15(26)5-7-16/h4-8,11,14,33H,9-10,12H2,1-3H3,(H,28,29)(H,31,32). The highest BCUT2D eigenvalue weighted by atomic mass is 19.1. The molecule has 178 valence electrons. The topological polar surface area (TPSA) is 100 Å². The smallest absolute Gasteiger partial charge is 0.335 e. The number of fused-ring (bicyclic) bond motifs is 2. The van der Waals surface area contributed by atoms with Crippen LogP contribution in [0.15, 0.2) is 36.5 Å². The Labute approximate surface area is 194 Å². The van der Waals surface area contributed by atoms with E-state index in [2.05, 4.69) is 10.2 Å². The second-order valence-corrected chi connectivity index (χ2v) is 9.75. The van der Waals surface area contributed by atoms with Gasteiger partial charge in [0.15, 0.2) is 11.4 Å². The summed E-state index contributed by atoms with van der Waals surface area (Å²) in [6.07, 6.45) is 1.45. The summed E-state index contributed by atoms with van der Waals surface area (Å²) in [4.78, 5) is 11.6. The molecule has 2 heterocycles. The molecule has 7 nitrogen and oxygen atoms in total. The summed E-state index contributed by atoms with van der Waals surface area (Å²) in [6.45, 7) is 4.22. The molecular weight excluding hydrogens is 444 g/mol. The van der Waals surface area contributed by atoms with Gasteiger partial charge in [-0.1, -0.05) is 13.8 Å². The Morgan fingerprint density at radius 1 is 1.29 bits per heavy atom. The van der Waals surface area contributed by atoms with Crippen molar-refractivity contribution < 1.29 is 28.5 Å². The molecule has 5 rings (SSSR count). The van der Waals surface area contributed by atoms with E-state index in [1.54, 1.807) is 19.2 Å². The number of rotatable bonds is 6. The number of ether oxygens (including phenoxy) is 1. The Bertz CT molecular complexity index is 1420. The van der Waals surface area contributed by atoms with Gasteiger partial charge in [-0.15, -0.1) is 0 Å². The summed E-state index contributed by atoms with van der Waals surface area (Å²) in [6, 6.07) is 7.74. The third kappa shape index (κ3) is 3.22. The number of H-pyrrole nitrogens is 1. The molecule has 0 spiro atoms. The molecule has 3 N–H and O–H groups in total. The number of carboxylic acid groups (broad SMARTS) is 1. The van der Waals surface area contributed by atoms with Gasteiger partial charge in [0, 0.05) is 34.7 Å². The van der Waals surface area contributed by atoms with E-state index in [-0.39, 0.29) is 18.4 Å². The van der Waals surface area contributed by atoms with Crippen LogP contribution in [0.1, 0.15) is 43.9 Å². The molecule has 4 aromatic rings. The highest BCUT2D eigenvalue weighted by molar-refractivity contribution is 6.00. The van der Waals surface area contributed by atoms with E-state index < -0.39 is 34.5 Å². The van der Waals surface area contributed by atoms with E-state index in [1.807, 2.05) is 24.5 Å². The minimum absolute atomic E-state index is 0.0403. The van der Waals surface area contributed by atoms with Crippen LogP contribution in [0.3, 0.4) is 0 Å². The van der Waals surface area contributed by atoms with Crippen molar-refractivity contribution >= 4 is 27.8 Å². The number of methoxy groups -OCH3 is 1. The number of aromatic nitrogens is 3. The third-order valence-corrected chi connectivity index (χ3v) is 6.85. The first-order valence-electron chi connectivity index (χ1n) is 11.0. The number of halogens is 2. The Balaban J connectivity index is 1.89. The van der Waals surface area contributed by atoms with Crippen molar-refractivity contribution in [1.82, 2.24) is 14.8 Å². The largest absolute Gasteiger partial charge is 0.479 e. The maximum atomic E-state index is 16.0. The number of nitrogens with zero attached hydrogens (tertiary/aromatic N) is 2. The molecule has 0 bridgehead atoms. The molecule has 0 saturated heterocycles. The second kappa shape index (κ2) is 7.61. The first kappa shape index (κ1) is 22.5. The Hall–Kier alpha value is -3.30. The lowest BCUT2D eigenvalue weighted by atomic mass is 9.66. The van der Waals surface area contributed by atoms with Crippen molar-refractivity contribution in [2.24, 2.45) is 0 Å². The number of carboxylic acids is 1. The van der Waals surface area contributed by atoms with E-state index in [9.17, 15) is 19.4 Å². The number of aliphatic hydroxyl groups is 1. The SMILES string of the molecule is COCC(C)(C)c1c(C2CC(O)(C(=O)O)C2)c2c(F)c3[nH]ncc3cc2n1-c1ccc(F)cc1. The van der Waals surface area contributed by atoms with Crippen LogP contribution in [-0.2, 0) is 14.9 Å². The number of hydrogen-bond donors (Lipinski definition) is 3. The van der Waals surface area contributed by atoms with Crippen molar-refractivity contribution in [2.75, 3.05) is 13.7 Å². The van der Waals surface area contributed by atoms with Crippen LogP contribution in [-0.4, -0.2) is 50.3 Å². The molecule has 0 radical (unpaired) electrons. The van der Waals surface area contributed by atoms with Crippen LogP contribution < -0.4 is 0 Å². The van der Waals surface area contributed by atoms with Gasteiger partial charge in [0.2, 0.25) is 0 Å². The molecule has 34 heavy (non-hydrogen) atoms. The molecular formula is C25H25F2N3O4. The average molecular weight is 469 g/mol. The van der Waals surface area contributed by atoms with Crippen molar-refractivity contribution in [2.45, 2.75) is 43.6 Å². The van der Waals surface area contributed by atoms with Crippen LogP contribution >= 0.6 is 0 Å². The number of hydrogen-bond acceptors (Lipinski definition) is 4. The molecule has 2 aromatic heterocycles. The molecule has 0 aliphatic heterocycles. The van der Waals surface area contributed by atoms with E-state index in [0.29, 0.717) is 34.1 Å². The Morgan fingerprint density at radius 3 is 2.59 bits per heavy atom. The van der Waals surface area contributed by atoms with Crippen molar-refractivity contribution in [1.29, 1.82) is 0 Å². The fraction of sp³-hybridized carbons (Fsp3) is 0.360. The van der Waals surface area contributed by atoms with Crippen LogP contribution in [0.5, 0.6) is 0 Å². The van der Waals surface area contributed by atoms with Crippen LogP contribution in [0.25, 0.3) is 27.5 Å². The van der Waals surface area contributed by atoms with Gasteiger partial charge in [-0.05, 0) is 54.7 Å². The second-order valence-electron chi connectivity index (χ2n) is 9.75. The van der Waals surface area contributed by atoms with Gasteiger partial charge in [0.05, 0.1) is 18.3 Å². The minimum Gasteiger partial charge on any atom is -0.479 e. The summed E-state index contributed by atoms with van der Waals surface area (Å²) in [7, 11) is 1.58. The first-order valence-corrected chi connectivity index (χ1v) is 11.0. The molecule has 0 unspecified atom stereocenters. The Morgan fingerprint density at radius 2 is 1.97 bits per heavy atom. The molecule has 1 aliphatic carbocycles. The number of carbonyl (C=O) groups is 1. The normalized spacial score (nSPS) is 20.7. The average Bonchev–Trinajstić information content (AvgIpc) is 3.35. The zero-order chi connectivity index (χ0) is 24.4. The fourth-order valence-corrected chi connectivity index (χ4v) is 5.32. The van der Waals surface area contributed by atoms with Gasteiger partial charge >= 0.3 is 5.97 Å². The van der Waals surface area contributed by atoms with Crippen molar-refractivity contribution in [3.05, 3.63) is 59.4 Å². The van der Waals surface area contributed by atoms with E-state index >= 15 is 4.39 Å². The zero-order valence-electron chi connectivity index (χ0n) is 19.0. The predicted molar refractivity (Wildman–Crippen MR) is 122 cm³/mol. The van der Waals surface area contributed by atoms with Gasteiger partial charge in [-0.2, -0.15) is 5.10 Å². The zero-order valence-corrected chi connectivity index (χ0v) is 19.0. The third-order valence-electron chi connectivity index (χ3n) is 6.85. The van der Waals surface area contributed by atoms with E-state index in [1.165, 1.54) is 18.3 Å². The molecule has 0 amide bonds. The first-order chi connectivity index (χ1) is 16.1. The van der Waals surface area contributed by atoms with Crippen LogP contribution in [0.2, 0.25) is 0 Å². The number of benzene rings is 2. The summed E-state index contributed by atoms with van der Waals surface area (Å²) in [5, 5.41) is 27.5. The van der Waals surface area contributed by atoms with Gasteiger partial charge in [0.25, 0.3) is 0 Å². The van der Waals surface area contributed by atoms with Gasteiger partial charge in [0.1, 0.15) is 11.3 Å². The highest BCUT2D eigenvalue weighted by Gasteiger charge is 2.52. The van der Waals surface area contributed by atoms with E-state index in [4.69, 9.17) is 4.74 Å². The monoisotopic (exact) mass is 469 g/mol. The molecule has 1 fully saturated rings. The maximum absolute atomic E-state index is 16.0. The predicted octanol–water partition coefficient (Wildman–Crippen LogP) is 4.40. The lowest BCUT2D eigenvalue weighted by molar-refractivity contribution is -0.169. The summed E-state index contributed by atoms with van der Waals surface area (Å²) in [5.41, 5.74) is 0.298. The fourth-order valence-electron chi connectivity index (χ4n) is 5.32. The summed E-state index contributed by atoms with van der Waals surface area (Å²) < 4.78 is 37.2. The number of aromatic amines is 1. The summed E-state index contributed by atoms with van der Waals surface area (Å²) in [5.74, 6) is -2.58. The van der Waals surface area contributed by atoms with Crippen molar-refractivity contribution in [3.8, 4) is 5.69 Å². The van der Waals surface area contributed by atoms with Crippen LogP contribution in [0.4, 0.5) is 8.78 Å².